The van der Waals surface area contributed by atoms with Crippen LogP contribution in [-0.4, -0.2) is 30.3 Å². The minimum Gasteiger partial charge on any atom is -0.336 e. The normalized spacial score (nSPS) is 10.4. The number of amides is 2. The van der Waals surface area contributed by atoms with Gasteiger partial charge in [-0.25, -0.2) is 4.39 Å². The second-order valence-corrected chi connectivity index (χ2v) is 5.97. The lowest BCUT2D eigenvalue weighted by Crippen LogP contribution is -2.35. The number of hydrogen-bond donors (Lipinski definition) is 1. The van der Waals surface area contributed by atoms with Crippen molar-refractivity contribution in [3.05, 3.63) is 65.5 Å². The second-order valence-electron chi connectivity index (χ2n) is 5.97. The first kappa shape index (κ1) is 18.6. The summed E-state index contributed by atoms with van der Waals surface area (Å²) in [5, 5.41) is 2.64. The van der Waals surface area contributed by atoms with Crippen LogP contribution in [-0.2, 0) is 22.4 Å². The van der Waals surface area contributed by atoms with E-state index in [-0.39, 0.29) is 24.2 Å². The predicted octanol–water partition coefficient (Wildman–Crippen LogP) is 3.42. The maximum atomic E-state index is 12.8. The number of nitrogens with one attached hydrogen (secondary N) is 1. The van der Waals surface area contributed by atoms with E-state index in [4.69, 9.17) is 0 Å². The van der Waals surface area contributed by atoms with Crippen LogP contribution in [0.3, 0.4) is 0 Å². The minimum absolute atomic E-state index is 0.0367. The molecule has 0 aromatic heterocycles. The highest BCUT2D eigenvalue weighted by atomic mass is 19.1. The van der Waals surface area contributed by atoms with Crippen LogP contribution in [0.25, 0.3) is 0 Å². The highest BCUT2D eigenvalue weighted by molar-refractivity contribution is 5.94. The first-order valence-electron chi connectivity index (χ1n) is 8.35. The topological polar surface area (TPSA) is 49.4 Å². The van der Waals surface area contributed by atoms with Crippen molar-refractivity contribution in [3.63, 3.8) is 0 Å². The van der Waals surface area contributed by atoms with Gasteiger partial charge in [-0.2, -0.15) is 0 Å². The molecule has 0 heterocycles. The molecule has 0 aliphatic heterocycles. The number of benzene rings is 2. The molecule has 5 heteroatoms. The van der Waals surface area contributed by atoms with Crippen LogP contribution in [0.1, 0.15) is 24.5 Å². The van der Waals surface area contributed by atoms with Gasteiger partial charge in [-0.3, -0.25) is 9.59 Å². The molecular weight excluding hydrogens is 319 g/mol. The molecule has 2 aromatic carbocycles. The third-order valence-electron chi connectivity index (χ3n) is 3.99. The molecule has 0 radical (unpaired) electrons. The Morgan fingerprint density at radius 3 is 2.20 bits per heavy atom. The Labute approximate surface area is 147 Å². The van der Waals surface area contributed by atoms with Gasteiger partial charge in [-0.1, -0.05) is 31.2 Å². The fourth-order valence-corrected chi connectivity index (χ4v) is 2.42. The zero-order valence-corrected chi connectivity index (χ0v) is 14.6. The summed E-state index contributed by atoms with van der Waals surface area (Å²) < 4.78 is 12.8. The van der Waals surface area contributed by atoms with Crippen molar-refractivity contribution in [2.24, 2.45) is 0 Å². The van der Waals surface area contributed by atoms with Gasteiger partial charge in [0.2, 0.25) is 11.8 Å². The van der Waals surface area contributed by atoms with Crippen LogP contribution in [0.5, 0.6) is 0 Å². The van der Waals surface area contributed by atoms with Crippen LogP contribution < -0.4 is 5.32 Å². The van der Waals surface area contributed by atoms with Crippen LogP contribution in [0.4, 0.5) is 10.1 Å². The molecule has 0 saturated heterocycles. The van der Waals surface area contributed by atoms with Crippen molar-refractivity contribution in [2.45, 2.75) is 26.2 Å². The van der Waals surface area contributed by atoms with Gasteiger partial charge in [0.1, 0.15) is 5.82 Å². The number of carbonyl (C=O) groups is 2. The molecule has 2 aromatic rings. The van der Waals surface area contributed by atoms with E-state index in [1.807, 2.05) is 12.1 Å². The van der Waals surface area contributed by atoms with Crippen molar-refractivity contribution >= 4 is 17.5 Å². The van der Waals surface area contributed by atoms with Crippen LogP contribution in [0.2, 0.25) is 0 Å². The minimum atomic E-state index is -0.364. The third-order valence-corrected chi connectivity index (χ3v) is 3.99. The second kappa shape index (κ2) is 8.97. The number of carbonyl (C=O) groups excluding carboxylic acids is 2. The van der Waals surface area contributed by atoms with Crippen LogP contribution in [0.15, 0.2) is 48.5 Å². The number of likely N-dealkylation sites (N-methyl/N-ethyl adjacent to an activating group) is 1. The first-order valence-corrected chi connectivity index (χ1v) is 8.35. The van der Waals surface area contributed by atoms with Crippen molar-refractivity contribution in [2.75, 3.05) is 18.9 Å². The maximum absolute atomic E-state index is 12.8. The summed E-state index contributed by atoms with van der Waals surface area (Å²) in [5.74, 6) is -0.763. The maximum Gasteiger partial charge on any atom is 0.243 e. The highest BCUT2D eigenvalue weighted by Gasteiger charge is 2.13. The Balaban J connectivity index is 1.78. The molecule has 0 bridgehead atoms. The molecular formula is C20H23FN2O2. The summed E-state index contributed by atoms with van der Waals surface area (Å²) in [6, 6.07) is 13.7. The summed E-state index contributed by atoms with van der Waals surface area (Å²) >= 11 is 0. The molecule has 0 unspecified atom stereocenters. The molecule has 25 heavy (non-hydrogen) atoms. The summed E-state index contributed by atoms with van der Waals surface area (Å²) in [4.78, 5) is 25.5. The van der Waals surface area contributed by atoms with Crippen molar-refractivity contribution < 1.29 is 14.0 Å². The molecule has 1 N–H and O–H groups in total. The van der Waals surface area contributed by atoms with Gasteiger partial charge in [0, 0.05) is 19.2 Å². The number of hydrogen-bond acceptors (Lipinski definition) is 2. The Kier molecular flexibility index (Phi) is 6.69. The molecule has 0 aliphatic rings. The lowest BCUT2D eigenvalue weighted by molar-refractivity contribution is -0.133. The van der Waals surface area contributed by atoms with Crippen molar-refractivity contribution in [1.29, 1.82) is 0 Å². The van der Waals surface area contributed by atoms with E-state index in [1.165, 1.54) is 34.7 Å². The fourth-order valence-electron chi connectivity index (χ4n) is 2.42. The molecule has 2 amide bonds. The fraction of sp³-hybridized carbons (Fsp3) is 0.300. The quantitative estimate of drug-likeness (QED) is 0.838. The Bertz CT molecular complexity index is 711. The van der Waals surface area contributed by atoms with Crippen LogP contribution in [0, 0.1) is 5.82 Å². The van der Waals surface area contributed by atoms with E-state index in [1.54, 1.807) is 7.05 Å². The lowest BCUT2D eigenvalue weighted by Gasteiger charge is -2.17. The molecule has 0 aliphatic carbocycles. The standard InChI is InChI=1S/C20H23FN2O2/c1-3-15-4-6-16(7-5-15)8-13-20(25)23(2)14-19(24)22-18-11-9-17(21)10-12-18/h4-7,9-12H,3,8,13-14H2,1-2H3,(H,22,24). The van der Waals surface area contributed by atoms with E-state index < -0.39 is 0 Å². The Morgan fingerprint density at radius 1 is 1.00 bits per heavy atom. The molecule has 132 valence electrons. The highest BCUT2D eigenvalue weighted by Crippen LogP contribution is 2.10. The molecule has 2 rings (SSSR count). The Hall–Kier alpha value is -2.69. The average molecular weight is 342 g/mol. The first-order chi connectivity index (χ1) is 12.0. The van der Waals surface area contributed by atoms with Crippen molar-refractivity contribution in [1.82, 2.24) is 4.90 Å². The zero-order valence-electron chi connectivity index (χ0n) is 14.6. The van der Waals surface area contributed by atoms with E-state index >= 15 is 0 Å². The summed E-state index contributed by atoms with van der Waals surface area (Å²) in [5.41, 5.74) is 2.88. The van der Waals surface area contributed by atoms with Gasteiger partial charge in [0.25, 0.3) is 0 Å². The van der Waals surface area contributed by atoms with E-state index in [0.717, 1.165) is 12.0 Å². The molecule has 4 nitrogen and oxygen atoms in total. The number of aryl methyl sites for hydroxylation is 2. The van der Waals surface area contributed by atoms with Gasteiger partial charge < -0.3 is 10.2 Å². The smallest absolute Gasteiger partial charge is 0.243 e. The van der Waals surface area contributed by atoms with Gasteiger partial charge in [0.15, 0.2) is 0 Å². The lowest BCUT2D eigenvalue weighted by atomic mass is 10.1. The Morgan fingerprint density at radius 2 is 1.60 bits per heavy atom. The number of nitrogens with zero attached hydrogens (tertiary/aromatic N) is 1. The summed E-state index contributed by atoms with van der Waals surface area (Å²) in [6.07, 6.45) is 1.99. The predicted molar refractivity (Wildman–Crippen MR) is 96.8 cm³/mol. The van der Waals surface area contributed by atoms with Gasteiger partial charge in [-0.15, -0.1) is 0 Å². The molecule has 0 atom stereocenters. The van der Waals surface area contributed by atoms with Crippen LogP contribution >= 0.6 is 0 Å². The van der Waals surface area contributed by atoms with Gasteiger partial charge in [0.05, 0.1) is 6.54 Å². The average Bonchev–Trinajstić information content (AvgIpc) is 2.62. The summed E-state index contributed by atoms with van der Waals surface area (Å²) in [6.45, 7) is 2.06. The van der Waals surface area contributed by atoms with E-state index in [9.17, 15) is 14.0 Å². The monoisotopic (exact) mass is 342 g/mol. The summed E-state index contributed by atoms with van der Waals surface area (Å²) in [7, 11) is 1.60. The number of halogens is 1. The molecule has 0 fully saturated rings. The number of rotatable bonds is 7. The van der Waals surface area contributed by atoms with Gasteiger partial charge >= 0.3 is 0 Å². The van der Waals surface area contributed by atoms with E-state index in [0.29, 0.717) is 18.5 Å². The zero-order chi connectivity index (χ0) is 18.2. The molecule has 0 spiro atoms. The number of anilines is 1. The van der Waals surface area contributed by atoms with E-state index in [2.05, 4.69) is 24.4 Å². The SMILES string of the molecule is CCc1ccc(CCC(=O)N(C)CC(=O)Nc2ccc(F)cc2)cc1. The molecule has 0 saturated carbocycles. The van der Waals surface area contributed by atoms with Crippen molar-refractivity contribution in [3.8, 4) is 0 Å². The largest absolute Gasteiger partial charge is 0.336 e. The third kappa shape index (κ3) is 6.03. The van der Waals surface area contributed by atoms with Gasteiger partial charge in [-0.05, 0) is 48.2 Å².